The molecule has 0 saturated heterocycles. The minimum atomic E-state index is -0.0515. The van der Waals surface area contributed by atoms with Gasteiger partial charge in [-0.3, -0.25) is 4.79 Å². The van der Waals surface area contributed by atoms with Crippen LogP contribution in [0.15, 0.2) is 12.2 Å². The number of methoxy groups -OCH3 is 1. The van der Waals surface area contributed by atoms with E-state index in [2.05, 4.69) is 32.9 Å². The standard InChI is InChI=1S/C25H40O2/c1-17(8-13-23(26)27-4)20-11-12-21-19-10-9-18-7-5-6-15-24(18,2)22(19)14-16-25(20,21)3/h14,16-22H,5-13,15H2,1-4H3/t17-,18-,19-,20+,21-,22-,24-,25+/m0/s1. The summed E-state index contributed by atoms with van der Waals surface area (Å²) < 4.78 is 4.87. The first kappa shape index (κ1) is 19.5. The van der Waals surface area contributed by atoms with Crippen LogP contribution in [0.4, 0.5) is 0 Å². The van der Waals surface area contributed by atoms with E-state index >= 15 is 0 Å². The molecule has 0 amide bonds. The zero-order valence-corrected chi connectivity index (χ0v) is 18.0. The Morgan fingerprint density at radius 3 is 2.74 bits per heavy atom. The van der Waals surface area contributed by atoms with E-state index in [1.165, 1.54) is 58.5 Å². The van der Waals surface area contributed by atoms with E-state index < -0.39 is 0 Å². The predicted molar refractivity (Wildman–Crippen MR) is 110 cm³/mol. The SMILES string of the molecule is COC(=O)CC[C@H](C)[C@H]1CC[C@H]2[C@@H]3CC[C@@H]4CCCC[C@]4(C)[C@H]3C=C[C@]12C. The Hall–Kier alpha value is -0.790. The highest BCUT2D eigenvalue weighted by atomic mass is 16.5. The number of carbonyl (C=O) groups excluding carboxylic acids is 1. The van der Waals surface area contributed by atoms with Crippen molar-refractivity contribution in [2.24, 2.45) is 46.3 Å². The van der Waals surface area contributed by atoms with Gasteiger partial charge in [0.1, 0.15) is 0 Å². The molecule has 4 aliphatic carbocycles. The van der Waals surface area contributed by atoms with Crippen LogP contribution in [0.5, 0.6) is 0 Å². The van der Waals surface area contributed by atoms with Crippen LogP contribution >= 0.6 is 0 Å². The second-order valence-corrected chi connectivity index (χ2v) is 10.8. The van der Waals surface area contributed by atoms with Gasteiger partial charge in [0, 0.05) is 6.42 Å². The van der Waals surface area contributed by atoms with E-state index in [-0.39, 0.29) is 5.97 Å². The van der Waals surface area contributed by atoms with Gasteiger partial charge in [-0.05, 0) is 91.3 Å². The van der Waals surface area contributed by atoms with Crippen molar-refractivity contribution in [1.82, 2.24) is 0 Å². The summed E-state index contributed by atoms with van der Waals surface area (Å²) in [5.41, 5.74) is 0.905. The molecule has 0 aromatic carbocycles. The Kier molecular flexibility index (Phi) is 5.23. The Morgan fingerprint density at radius 1 is 1.15 bits per heavy atom. The van der Waals surface area contributed by atoms with Crippen molar-refractivity contribution in [3.05, 3.63) is 12.2 Å². The summed E-state index contributed by atoms with van der Waals surface area (Å²) in [6.45, 7) is 7.55. The largest absolute Gasteiger partial charge is 0.469 e. The third-order valence-corrected chi connectivity index (χ3v) is 9.81. The van der Waals surface area contributed by atoms with E-state index in [0.717, 1.165) is 36.0 Å². The molecule has 27 heavy (non-hydrogen) atoms. The first-order chi connectivity index (χ1) is 12.9. The number of hydrogen-bond acceptors (Lipinski definition) is 2. The smallest absolute Gasteiger partial charge is 0.305 e. The maximum atomic E-state index is 11.6. The van der Waals surface area contributed by atoms with E-state index in [9.17, 15) is 4.79 Å². The summed E-state index contributed by atoms with van der Waals surface area (Å²) in [5.74, 6) is 4.82. The minimum absolute atomic E-state index is 0.0515. The summed E-state index contributed by atoms with van der Waals surface area (Å²) in [5, 5.41) is 0. The maximum Gasteiger partial charge on any atom is 0.305 e. The molecule has 2 nitrogen and oxygen atoms in total. The van der Waals surface area contributed by atoms with Gasteiger partial charge in [-0.25, -0.2) is 0 Å². The number of ether oxygens (including phenoxy) is 1. The summed E-state index contributed by atoms with van der Waals surface area (Å²) in [6, 6.07) is 0. The van der Waals surface area contributed by atoms with Crippen LogP contribution in [0.1, 0.15) is 85.0 Å². The third kappa shape index (κ3) is 3.10. The van der Waals surface area contributed by atoms with Crippen molar-refractivity contribution in [3.8, 4) is 0 Å². The molecule has 0 aromatic rings. The van der Waals surface area contributed by atoms with Crippen LogP contribution in [-0.2, 0) is 9.53 Å². The fourth-order valence-corrected chi connectivity index (χ4v) is 8.26. The fourth-order valence-electron chi connectivity index (χ4n) is 8.26. The molecular formula is C25H40O2. The van der Waals surface area contributed by atoms with Gasteiger partial charge < -0.3 is 4.74 Å². The van der Waals surface area contributed by atoms with Crippen molar-refractivity contribution >= 4 is 5.97 Å². The van der Waals surface area contributed by atoms with Crippen molar-refractivity contribution < 1.29 is 9.53 Å². The van der Waals surface area contributed by atoms with Crippen molar-refractivity contribution in [1.29, 1.82) is 0 Å². The van der Waals surface area contributed by atoms with Crippen LogP contribution in [0.25, 0.3) is 0 Å². The van der Waals surface area contributed by atoms with Gasteiger partial charge in [0.25, 0.3) is 0 Å². The Morgan fingerprint density at radius 2 is 1.96 bits per heavy atom. The minimum Gasteiger partial charge on any atom is -0.469 e. The summed E-state index contributed by atoms with van der Waals surface area (Å²) in [6.07, 6.45) is 18.4. The lowest BCUT2D eigenvalue weighted by molar-refractivity contribution is -0.141. The molecule has 4 rings (SSSR count). The fraction of sp³-hybridized carbons (Fsp3) is 0.880. The molecule has 0 unspecified atom stereocenters. The number of esters is 1. The number of carbonyl (C=O) groups is 1. The number of rotatable bonds is 4. The lowest BCUT2D eigenvalue weighted by Gasteiger charge is -2.58. The number of allylic oxidation sites excluding steroid dienone is 2. The number of fused-ring (bicyclic) bond motifs is 5. The van der Waals surface area contributed by atoms with E-state index in [0.29, 0.717) is 23.2 Å². The van der Waals surface area contributed by atoms with E-state index in [1.54, 1.807) is 0 Å². The molecule has 152 valence electrons. The molecule has 0 radical (unpaired) electrons. The molecule has 4 aliphatic rings. The van der Waals surface area contributed by atoms with Gasteiger partial charge in [-0.1, -0.05) is 45.8 Å². The lowest BCUT2D eigenvalue weighted by atomic mass is 9.46. The van der Waals surface area contributed by atoms with Gasteiger partial charge >= 0.3 is 5.97 Å². The van der Waals surface area contributed by atoms with Crippen LogP contribution in [-0.4, -0.2) is 13.1 Å². The first-order valence-corrected chi connectivity index (χ1v) is 11.7. The topological polar surface area (TPSA) is 26.3 Å². The van der Waals surface area contributed by atoms with Crippen LogP contribution in [0.2, 0.25) is 0 Å². The Bertz CT molecular complexity index is 595. The predicted octanol–water partition coefficient (Wildman–Crippen LogP) is 6.40. The lowest BCUT2D eigenvalue weighted by Crippen LogP contribution is -2.50. The highest BCUT2D eigenvalue weighted by molar-refractivity contribution is 5.69. The molecule has 0 aliphatic heterocycles. The second-order valence-electron chi connectivity index (χ2n) is 10.8. The van der Waals surface area contributed by atoms with Gasteiger partial charge in [0.15, 0.2) is 0 Å². The van der Waals surface area contributed by atoms with Crippen LogP contribution < -0.4 is 0 Å². The third-order valence-electron chi connectivity index (χ3n) is 9.81. The Labute approximate surface area is 166 Å². The zero-order chi connectivity index (χ0) is 19.2. The van der Waals surface area contributed by atoms with Gasteiger partial charge in [0.2, 0.25) is 0 Å². The highest BCUT2D eigenvalue weighted by Crippen LogP contribution is 2.66. The zero-order valence-electron chi connectivity index (χ0n) is 18.0. The molecule has 0 spiro atoms. The first-order valence-electron chi connectivity index (χ1n) is 11.7. The average molecular weight is 373 g/mol. The molecule has 3 saturated carbocycles. The second kappa shape index (κ2) is 7.23. The molecule has 8 atom stereocenters. The van der Waals surface area contributed by atoms with Crippen molar-refractivity contribution in [2.75, 3.05) is 7.11 Å². The summed E-state index contributed by atoms with van der Waals surface area (Å²) >= 11 is 0. The van der Waals surface area contributed by atoms with Gasteiger partial charge in [-0.2, -0.15) is 0 Å². The monoisotopic (exact) mass is 372 g/mol. The normalized spacial score (nSPS) is 46.9. The summed E-state index contributed by atoms with van der Waals surface area (Å²) in [7, 11) is 1.51. The van der Waals surface area contributed by atoms with Gasteiger partial charge in [0.05, 0.1) is 7.11 Å². The van der Waals surface area contributed by atoms with Gasteiger partial charge in [-0.15, -0.1) is 0 Å². The molecule has 3 fully saturated rings. The van der Waals surface area contributed by atoms with E-state index in [4.69, 9.17) is 4.74 Å². The molecular weight excluding hydrogens is 332 g/mol. The molecule has 0 aromatic heterocycles. The number of hydrogen-bond donors (Lipinski definition) is 0. The molecule has 0 N–H and O–H groups in total. The molecule has 2 heteroatoms. The quantitative estimate of drug-likeness (QED) is 0.421. The maximum absolute atomic E-state index is 11.6. The summed E-state index contributed by atoms with van der Waals surface area (Å²) in [4.78, 5) is 11.6. The van der Waals surface area contributed by atoms with E-state index in [1.807, 2.05) is 0 Å². The Balaban J connectivity index is 1.54. The highest BCUT2D eigenvalue weighted by Gasteiger charge is 2.58. The van der Waals surface area contributed by atoms with Crippen molar-refractivity contribution in [3.63, 3.8) is 0 Å². The van der Waals surface area contributed by atoms with Crippen molar-refractivity contribution in [2.45, 2.75) is 85.0 Å². The average Bonchev–Trinajstić information content (AvgIpc) is 3.02. The molecule has 0 bridgehead atoms. The van der Waals surface area contributed by atoms with Crippen LogP contribution in [0, 0.1) is 46.3 Å². The molecule has 0 heterocycles. The van der Waals surface area contributed by atoms with Crippen LogP contribution in [0.3, 0.4) is 0 Å².